The molecule has 0 bridgehead atoms. The molecular weight excluding hydrogens is 356 g/mol. The van der Waals surface area contributed by atoms with Crippen LogP contribution in [-0.2, 0) is 9.53 Å². The summed E-state index contributed by atoms with van der Waals surface area (Å²) in [5, 5.41) is 0. The number of hydrogen-bond donors (Lipinski definition) is 0. The van der Waals surface area contributed by atoms with E-state index in [0.29, 0.717) is 5.57 Å². The SMILES string of the molecule is C=CC=CC(C=Cc1ccccc1)=Cc1ccccc1.C=CCOC(=O)C(=C)C. The van der Waals surface area contributed by atoms with Crippen LogP contribution in [0.15, 0.2) is 122 Å². The molecule has 0 heterocycles. The number of allylic oxidation sites excluding steroid dienone is 5. The molecule has 0 unspecified atom stereocenters. The first-order valence-corrected chi connectivity index (χ1v) is 9.29. The molecule has 0 saturated heterocycles. The average molecular weight is 385 g/mol. The second-order valence-electron chi connectivity index (χ2n) is 6.06. The third kappa shape index (κ3) is 10.9. The van der Waals surface area contributed by atoms with Crippen LogP contribution in [0.1, 0.15) is 18.1 Å². The molecule has 0 amide bonds. The average Bonchev–Trinajstić information content (AvgIpc) is 2.75. The molecule has 148 valence electrons. The number of rotatable bonds is 8. The first-order chi connectivity index (χ1) is 14.1. The maximum Gasteiger partial charge on any atom is 0.333 e. The van der Waals surface area contributed by atoms with E-state index in [0.717, 1.165) is 5.57 Å². The van der Waals surface area contributed by atoms with Gasteiger partial charge in [0.15, 0.2) is 0 Å². The zero-order valence-electron chi connectivity index (χ0n) is 17.0. The van der Waals surface area contributed by atoms with Crippen molar-refractivity contribution in [2.45, 2.75) is 6.92 Å². The van der Waals surface area contributed by atoms with Crippen molar-refractivity contribution in [3.63, 3.8) is 0 Å². The molecule has 2 heteroatoms. The molecule has 2 rings (SSSR count). The van der Waals surface area contributed by atoms with Crippen LogP contribution in [0, 0.1) is 0 Å². The third-order valence-electron chi connectivity index (χ3n) is 3.51. The normalized spacial score (nSPS) is 10.9. The second kappa shape index (κ2) is 14.4. The van der Waals surface area contributed by atoms with Gasteiger partial charge in [0, 0.05) is 5.57 Å². The summed E-state index contributed by atoms with van der Waals surface area (Å²) in [5.41, 5.74) is 3.93. The molecule has 0 saturated carbocycles. The third-order valence-corrected chi connectivity index (χ3v) is 3.51. The summed E-state index contributed by atoms with van der Waals surface area (Å²) >= 11 is 0. The predicted octanol–water partition coefficient (Wildman–Crippen LogP) is 6.82. The van der Waals surface area contributed by atoms with Gasteiger partial charge in [0.05, 0.1) is 0 Å². The standard InChI is InChI=1S/C20H18.C7H10O2/c1-2-3-10-20(17-19-13-8-5-9-14-19)16-15-18-11-6-4-7-12-18;1-4-5-9-7(8)6(2)3/h2-17H,1H2;4H,1-2,5H2,3H3. The monoisotopic (exact) mass is 384 g/mol. The minimum atomic E-state index is -0.366. The van der Waals surface area contributed by atoms with Crippen molar-refractivity contribution in [3.05, 3.63) is 133 Å². The molecule has 0 aliphatic rings. The van der Waals surface area contributed by atoms with E-state index < -0.39 is 0 Å². The fraction of sp³-hybridized carbons (Fsp3) is 0.0741. The summed E-state index contributed by atoms with van der Waals surface area (Å²) in [6, 6.07) is 20.6. The van der Waals surface area contributed by atoms with Gasteiger partial charge in [0.1, 0.15) is 6.61 Å². The lowest BCUT2D eigenvalue weighted by molar-refractivity contribution is -0.137. The topological polar surface area (TPSA) is 26.3 Å². The van der Waals surface area contributed by atoms with Crippen LogP contribution in [0.3, 0.4) is 0 Å². The van der Waals surface area contributed by atoms with Crippen molar-refractivity contribution in [3.8, 4) is 0 Å². The Bertz CT molecular complexity index is 869. The van der Waals surface area contributed by atoms with Crippen LogP contribution in [0.25, 0.3) is 12.2 Å². The highest BCUT2D eigenvalue weighted by Crippen LogP contribution is 2.11. The summed E-state index contributed by atoms with van der Waals surface area (Å²) in [5.74, 6) is -0.366. The van der Waals surface area contributed by atoms with Gasteiger partial charge in [-0.15, -0.1) is 0 Å². The Kier molecular flexibility index (Phi) is 11.6. The number of carbonyl (C=O) groups is 1. The van der Waals surface area contributed by atoms with Gasteiger partial charge in [-0.05, 0) is 29.7 Å². The smallest absolute Gasteiger partial charge is 0.333 e. The second-order valence-corrected chi connectivity index (χ2v) is 6.06. The summed E-state index contributed by atoms with van der Waals surface area (Å²) in [6.07, 6.45) is 13.7. The molecule has 0 radical (unpaired) electrons. The molecule has 0 aromatic heterocycles. The quantitative estimate of drug-likeness (QED) is 0.216. The van der Waals surface area contributed by atoms with Crippen LogP contribution in [-0.4, -0.2) is 12.6 Å². The minimum absolute atomic E-state index is 0.256. The highest BCUT2D eigenvalue weighted by atomic mass is 16.5. The highest BCUT2D eigenvalue weighted by molar-refractivity contribution is 5.86. The Morgan fingerprint density at radius 3 is 2.03 bits per heavy atom. The van der Waals surface area contributed by atoms with E-state index >= 15 is 0 Å². The Hall–Kier alpha value is -3.65. The molecule has 0 N–H and O–H groups in total. The Labute approximate surface area is 174 Å². The maximum atomic E-state index is 10.5. The molecular formula is C27H28O2. The Morgan fingerprint density at radius 2 is 1.52 bits per heavy atom. The van der Waals surface area contributed by atoms with Gasteiger partial charge in [-0.2, -0.15) is 0 Å². The van der Waals surface area contributed by atoms with E-state index in [1.807, 2.05) is 42.5 Å². The van der Waals surface area contributed by atoms with Gasteiger partial charge in [-0.3, -0.25) is 0 Å². The van der Waals surface area contributed by atoms with Crippen LogP contribution >= 0.6 is 0 Å². The fourth-order valence-electron chi connectivity index (χ4n) is 2.09. The largest absolute Gasteiger partial charge is 0.458 e. The number of ether oxygens (including phenoxy) is 1. The Morgan fingerprint density at radius 1 is 0.931 bits per heavy atom. The van der Waals surface area contributed by atoms with E-state index in [1.54, 1.807) is 13.0 Å². The van der Waals surface area contributed by atoms with Gasteiger partial charge in [-0.1, -0.05) is 117 Å². The lowest BCUT2D eigenvalue weighted by atomic mass is 10.1. The Balaban J connectivity index is 0.000000396. The minimum Gasteiger partial charge on any atom is -0.458 e. The molecule has 2 aromatic carbocycles. The fourth-order valence-corrected chi connectivity index (χ4v) is 2.09. The molecule has 2 nitrogen and oxygen atoms in total. The summed E-state index contributed by atoms with van der Waals surface area (Å²) < 4.78 is 4.60. The van der Waals surface area contributed by atoms with E-state index in [-0.39, 0.29) is 12.6 Å². The zero-order chi connectivity index (χ0) is 21.3. The van der Waals surface area contributed by atoms with Crippen LogP contribution in [0.2, 0.25) is 0 Å². The van der Waals surface area contributed by atoms with E-state index in [9.17, 15) is 4.79 Å². The van der Waals surface area contributed by atoms with Crippen molar-refractivity contribution in [2.75, 3.05) is 6.61 Å². The summed E-state index contributed by atoms with van der Waals surface area (Å²) in [4.78, 5) is 10.5. The van der Waals surface area contributed by atoms with Crippen LogP contribution in [0.5, 0.6) is 0 Å². The van der Waals surface area contributed by atoms with Crippen molar-refractivity contribution >= 4 is 18.1 Å². The number of hydrogen-bond acceptors (Lipinski definition) is 2. The molecule has 0 fully saturated rings. The molecule has 0 aliphatic heterocycles. The predicted molar refractivity (Wildman–Crippen MR) is 125 cm³/mol. The zero-order valence-corrected chi connectivity index (χ0v) is 17.0. The van der Waals surface area contributed by atoms with Crippen LogP contribution < -0.4 is 0 Å². The summed E-state index contributed by atoms with van der Waals surface area (Å²) in [6.45, 7) is 12.4. The number of esters is 1. The highest BCUT2D eigenvalue weighted by Gasteiger charge is 1.98. The maximum absolute atomic E-state index is 10.5. The molecule has 0 atom stereocenters. The van der Waals surface area contributed by atoms with Gasteiger partial charge < -0.3 is 4.74 Å². The molecule has 0 spiro atoms. The van der Waals surface area contributed by atoms with E-state index in [4.69, 9.17) is 0 Å². The van der Waals surface area contributed by atoms with Gasteiger partial charge in [0.25, 0.3) is 0 Å². The van der Waals surface area contributed by atoms with E-state index in [2.05, 4.69) is 73.0 Å². The van der Waals surface area contributed by atoms with Crippen molar-refractivity contribution in [2.24, 2.45) is 0 Å². The van der Waals surface area contributed by atoms with Crippen LogP contribution in [0.4, 0.5) is 0 Å². The number of benzene rings is 2. The molecule has 29 heavy (non-hydrogen) atoms. The van der Waals surface area contributed by atoms with Gasteiger partial charge in [0.2, 0.25) is 0 Å². The number of carbonyl (C=O) groups excluding carboxylic acids is 1. The first kappa shape index (κ1) is 23.4. The van der Waals surface area contributed by atoms with Gasteiger partial charge in [-0.25, -0.2) is 4.79 Å². The lowest BCUT2D eigenvalue weighted by Crippen LogP contribution is -2.03. The van der Waals surface area contributed by atoms with Crippen molar-refractivity contribution in [1.82, 2.24) is 0 Å². The van der Waals surface area contributed by atoms with E-state index in [1.165, 1.54) is 17.2 Å². The first-order valence-electron chi connectivity index (χ1n) is 9.29. The summed E-state index contributed by atoms with van der Waals surface area (Å²) in [7, 11) is 0. The van der Waals surface area contributed by atoms with Gasteiger partial charge >= 0.3 is 5.97 Å². The molecule has 0 aliphatic carbocycles. The molecule has 2 aromatic rings. The van der Waals surface area contributed by atoms with Crippen molar-refractivity contribution in [1.29, 1.82) is 0 Å². The lowest BCUT2D eigenvalue weighted by Gasteiger charge is -1.97. The van der Waals surface area contributed by atoms with Crippen molar-refractivity contribution < 1.29 is 9.53 Å².